The highest BCUT2D eigenvalue weighted by atomic mass is 32.1. The fourth-order valence-electron chi connectivity index (χ4n) is 1.79. The molecule has 1 aromatic rings. The lowest BCUT2D eigenvalue weighted by atomic mass is 10.0. The molecule has 0 fully saturated rings. The van der Waals surface area contributed by atoms with E-state index in [1.165, 1.54) is 17.7 Å². The van der Waals surface area contributed by atoms with E-state index in [1.54, 1.807) is 11.3 Å². The van der Waals surface area contributed by atoms with Crippen molar-refractivity contribution in [3.05, 3.63) is 22.4 Å². The molecule has 1 unspecified atom stereocenters. The molecule has 104 valence electrons. The summed E-state index contributed by atoms with van der Waals surface area (Å²) in [7, 11) is 0. The third-order valence-corrected chi connectivity index (χ3v) is 3.93. The molecule has 1 rings (SSSR count). The average molecular weight is 269 g/mol. The second kappa shape index (κ2) is 9.54. The minimum Gasteiger partial charge on any atom is -0.380 e. The van der Waals surface area contributed by atoms with E-state index in [4.69, 9.17) is 4.74 Å². The molecule has 0 spiro atoms. The summed E-state index contributed by atoms with van der Waals surface area (Å²) < 4.78 is 5.63. The standard InChI is InChI=1S/C15H27NOS/c1-13(2)6-7-14(3)16-9-11-17-10-8-15-5-4-12-18-15/h4-5,12-14,16H,6-11H2,1-3H3. The third kappa shape index (κ3) is 7.85. The monoisotopic (exact) mass is 269 g/mol. The molecule has 0 aromatic carbocycles. The van der Waals surface area contributed by atoms with Crippen LogP contribution in [-0.2, 0) is 11.2 Å². The lowest BCUT2D eigenvalue weighted by Crippen LogP contribution is -2.29. The lowest BCUT2D eigenvalue weighted by molar-refractivity contribution is 0.137. The fourth-order valence-corrected chi connectivity index (χ4v) is 2.48. The molecular formula is C15H27NOS. The van der Waals surface area contributed by atoms with Gasteiger partial charge < -0.3 is 10.1 Å². The topological polar surface area (TPSA) is 21.3 Å². The van der Waals surface area contributed by atoms with Crippen molar-refractivity contribution in [3.63, 3.8) is 0 Å². The van der Waals surface area contributed by atoms with Gasteiger partial charge in [-0.25, -0.2) is 0 Å². The molecule has 0 radical (unpaired) electrons. The lowest BCUT2D eigenvalue weighted by Gasteiger charge is -2.14. The highest BCUT2D eigenvalue weighted by Gasteiger charge is 2.02. The van der Waals surface area contributed by atoms with Crippen LogP contribution in [0.15, 0.2) is 17.5 Å². The highest BCUT2D eigenvalue weighted by Crippen LogP contribution is 2.09. The highest BCUT2D eigenvalue weighted by molar-refractivity contribution is 7.09. The van der Waals surface area contributed by atoms with Gasteiger partial charge in [0.05, 0.1) is 13.2 Å². The third-order valence-electron chi connectivity index (χ3n) is 2.99. The van der Waals surface area contributed by atoms with Gasteiger partial charge in [0.2, 0.25) is 0 Å². The van der Waals surface area contributed by atoms with E-state index in [9.17, 15) is 0 Å². The molecule has 0 saturated heterocycles. The minimum absolute atomic E-state index is 0.605. The molecule has 0 amide bonds. The van der Waals surface area contributed by atoms with Crippen LogP contribution in [0.4, 0.5) is 0 Å². The molecule has 1 atom stereocenters. The molecule has 0 aliphatic rings. The largest absolute Gasteiger partial charge is 0.380 e. The van der Waals surface area contributed by atoms with Gasteiger partial charge >= 0.3 is 0 Å². The van der Waals surface area contributed by atoms with Crippen LogP contribution in [0.3, 0.4) is 0 Å². The predicted molar refractivity (Wildman–Crippen MR) is 80.4 cm³/mol. The van der Waals surface area contributed by atoms with Gasteiger partial charge in [0.15, 0.2) is 0 Å². The first-order chi connectivity index (χ1) is 8.68. The van der Waals surface area contributed by atoms with Crippen LogP contribution in [0.1, 0.15) is 38.5 Å². The van der Waals surface area contributed by atoms with Crippen LogP contribution in [0.25, 0.3) is 0 Å². The Hall–Kier alpha value is -0.380. The first kappa shape index (κ1) is 15.7. The molecule has 0 aliphatic heterocycles. The number of hydrogen-bond donors (Lipinski definition) is 1. The Bertz CT molecular complexity index is 285. The Kier molecular flexibility index (Phi) is 8.31. The second-order valence-electron chi connectivity index (χ2n) is 5.27. The van der Waals surface area contributed by atoms with E-state index in [1.807, 2.05) is 0 Å². The molecule has 18 heavy (non-hydrogen) atoms. The van der Waals surface area contributed by atoms with Gasteiger partial charge in [-0.3, -0.25) is 0 Å². The average Bonchev–Trinajstić information content (AvgIpc) is 2.84. The molecule has 0 saturated carbocycles. The summed E-state index contributed by atoms with van der Waals surface area (Å²) in [5.41, 5.74) is 0. The molecule has 1 aromatic heterocycles. The minimum atomic E-state index is 0.605. The normalized spacial score (nSPS) is 13.1. The predicted octanol–water partition coefficient (Wildman–Crippen LogP) is 3.72. The number of nitrogens with one attached hydrogen (secondary N) is 1. The number of ether oxygens (including phenoxy) is 1. The van der Waals surface area contributed by atoms with Crippen LogP contribution < -0.4 is 5.32 Å². The van der Waals surface area contributed by atoms with Gasteiger partial charge in [0.25, 0.3) is 0 Å². The van der Waals surface area contributed by atoms with Crippen molar-refractivity contribution in [1.29, 1.82) is 0 Å². The SMILES string of the molecule is CC(C)CCC(C)NCCOCCc1cccs1. The zero-order valence-electron chi connectivity index (χ0n) is 11.9. The number of hydrogen-bond acceptors (Lipinski definition) is 3. The summed E-state index contributed by atoms with van der Waals surface area (Å²) in [6, 6.07) is 4.87. The van der Waals surface area contributed by atoms with Crippen molar-refractivity contribution in [2.45, 2.75) is 46.1 Å². The van der Waals surface area contributed by atoms with Crippen molar-refractivity contribution in [2.24, 2.45) is 5.92 Å². The number of rotatable bonds is 10. The van der Waals surface area contributed by atoms with Gasteiger partial charge in [-0.1, -0.05) is 19.9 Å². The van der Waals surface area contributed by atoms with E-state index < -0.39 is 0 Å². The van der Waals surface area contributed by atoms with Crippen molar-refractivity contribution in [3.8, 4) is 0 Å². The molecule has 0 aliphatic carbocycles. The maximum atomic E-state index is 5.63. The molecular weight excluding hydrogens is 242 g/mol. The Morgan fingerprint density at radius 2 is 2.06 bits per heavy atom. The summed E-state index contributed by atoms with van der Waals surface area (Å²) >= 11 is 1.81. The van der Waals surface area contributed by atoms with Crippen molar-refractivity contribution in [2.75, 3.05) is 19.8 Å². The van der Waals surface area contributed by atoms with Crippen molar-refractivity contribution < 1.29 is 4.74 Å². The van der Waals surface area contributed by atoms with Gasteiger partial charge in [-0.05, 0) is 37.1 Å². The summed E-state index contributed by atoms with van der Waals surface area (Å²) in [5.74, 6) is 0.802. The molecule has 1 N–H and O–H groups in total. The van der Waals surface area contributed by atoms with E-state index in [0.29, 0.717) is 6.04 Å². The van der Waals surface area contributed by atoms with Gasteiger partial charge in [0.1, 0.15) is 0 Å². The Balaban J connectivity index is 1.89. The first-order valence-corrected chi connectivity index (χ1v) is 7.90. The molecule has 2 nitrogen and oxygen atoms in total. The second-order valence-corrected chi connectivity index (χ2v) is 6.30. The van der Waals surface area contributed by atoms with Gasteiger partial charge in [0, 0.05) is 23.9 Å². The fraction of sp³-hybridized carbons (Fsp3) is 0.733. The quantitative estimate of drug-likeness (QED) is 0.654. The van der Waals surface area contributed by atoms with Crippen LogP contribution in [-0.4, -0.2) is 25.8 Å². The van der Waals surface area contributed by atoms with Crippen molar-refractivity contribution in [1.82, 2.24) is 5.32 Å². The number of thiophene rings is 1. The maximum absolute atomic E-state index is 5.63. The van der Waals surface area contributed by atoms with Crippen LogP contribution in [0.5, 0.6) is 0 Å². The molecule has 1 heterocycles. The smallest absolute Gasteiger partial charge is 0.0591 e. The summed E-state index contributed by atoms with van der Waals surface area (Å²) in [6.45, 7) is 9.43. The Morgan fingerprint density at radius 1 is 1.22 bits per heavy atom. The van der Waals surface area contributed by atoms with E-state index in [0.717, 1.165) is 32.1 Å². The molecule has 3 heteroatoms. The maximum Gasteiger partial charge on any atom is 0.0591 e. The first-order valence-electron chi connectivity index (χ1n) is 7.02. The zero-order chi connectivity index (χ0) is 13.2. The van der Waals surface area contributed by atoms with Gasteiger partial charge in [-0.15, -0.1) is 11.3 Å². The Morgan fingerprint density at radius 3 is 2.72 bits per heavy atom. The Labute approximate surface area is 116 Å². The van der Waals surface area contributed by atoms with Crippen LogP contribution in [0.2, 0.25) is 0 Å². The van der Waals surface area contributed by atoms with Crippen molar-refractivity contribution >= 4 is 11.3 Å². The zero-order valence-corrected chi connectivity index (χ0v) is 12.8. The summed E-state index contributed by atoms with van der Waals surface area (Å²) in [5, 5.41) is 5.63. The van der Waals surface area contributed by atoms with E-state index >= 15 is 0 Å². The van der Waals surface area contributed by atoms with Gasteiger partial charge in [-0.2, -0.15) is 0 Å². The van der Waals surface area contributed by atoms with Crippen LogP contribution in [0, 0.1) is 5.92 Å². The summed E-state index contributed by atoms with van der Waals surface area (Å²) in [6.07, 6.45) is 3.60. The summed E-state index contributed by atoms with van der Waals surface area (Å²) in [4.78, 5) is 1.41. The van der Waals surface area contributed by atoms with E-state index in [2.05, 4.69) is 43.6 Å². The van der Waals surface area contributed by atoms with Crippen LogP contribution >= 0.6 is 11.3 Å². The molecule has 0 bridgehead atoms. The van der Waals surface area contributed by atoms with E-state index in [-0.39, 0.29) is 0 Å².